The smallest absolute Gasteiger partial charge is 0.188 e. The van der Waals surface area contributed by atoms with Crippen molar-refractivity contribution in [3.8, 4) is 0 Å². The molecule has 0 bridgehead atoms. The van der Waals surface area contributed by atoms with E-state index in [2.05, 4.69) is 10.3 Å². The first-order chi connectivity index (χ1) is 9.24. The molecular weight excluding hydrogens is 262 g/mol. The second-order valence-corrected chi connectivity index (χ2v) is 4.49. The minimum absolute atomic E-state index is 0.476. The molecule has 0 aromatic heterocycles. The largest absolute Gasteiger partial charge is 0.382 e. The molecule has 0 heterocycles. The van der Waals surface area contributed by atoms with E-state index >= 15 is 0 Å². The fourth-order valence-electron chi connectivity index (χ4n) is 1.59. The Hall–Kier alpha value is -1.26. The van der Waals surface area contributed by atoms with Gasteiger partial charge < -0.3 is 15.8 Å². The van der Waals surface area contributed by atoms with Crippen LogP contribution in [0.1, 0.15) is 18.9 Å². The molecular formula is C14H22ClN3O. The van der Waals surface area contributed by atoms with E-state index in [9.17, 15) is 0 Å². The summed E-state index contributed by atoms with van der Waals surface area (Å²) in [6, 6.07) is 7.81. The Morgan fingerprint density at radius 3 is 2.95 bits per heavy atom. The summed E-state index contributed by atoms with van der Waals surface area (Å²) in [7, 11) is 0. The first-order valence-corrected chi connectivity index (χ1v) is 6.96. The van der Waals surface area contributed by atoms with Gasteiger partial charge in [0.1, 0.15) is 0 Å². The second-order valence-electron chi connectivity index (χ2n) is 4.09. The molecule has 0 fully saturated rings. The number of aliphatic imine (C=N–C) groups is 1. The van der Waals surface area contributed by atoms with Crippen LogP contribution < -0.4 is 11.1 Å². The van der Waals surface area contributed by atoms with Crippen LogP contribution in [0.5, 0.6) is 0 Å². The van der Waals surface area contributed by atoms with E-state index in [1.54, 1.807) is 0 Å². The lowest BCUT2D eigenvalue weighted by Crippen LogP contribution is -2.33. The lowest BCUT2D eigenvalue weighted by atomic mass is 10.1. The van der Waals surface area contributed by atoms with E-state index in [0.717, 1.165) is 43.2 Å². The third-order valence-corrected chi connectivity index (χ3v) is 2.96. The Bertz CT molecular complexity index is 396. The fourth-order valence-corrected chi connectivity index (χ4v) is 1.82. The van der Waals surface area contributed by atoms with E-state index in [1.807, 2.05) is 31.2 Å². The molecule has 0 amide bonds. The number of rotatable bonds is 8. The predicted octanol–water partition coefficient (Wildman–Crippen LogP) is 2.21. The summed E-state index contributed by atoms with van der Waals surface area (Å²) in [5, 5.41) is 3.87. The van der Waals surface area contributed by atoms with Crippen molar-refractivity contribution in [1.29, 1.82) is 0 Å². The molecule has 19 heavy (non-hydrogen) atoms. The van der Waals surface area contributed by atoms with E-state index in [1.165, 1.54) is 0 Å². The molecule has 0 aliphatic carbocycles. The number of benzene rings is 1. The molecule has 0 saturated carbocycles. The molecule has 0 atom stereocenters. The van der Waals surface area contributed by atoms with Crippen molar-refractivity contribution in [3.05, 3.63) is 34.9 Å². The molecule has 1 rings (SSSR count). The standard InChI is InChI=1S/C14H22ClN3O/c1-2-19-11-5-9-17-14(16)18-10-8-12-6-3-4-7-13(12)15/h3-4,6-7H,2,5,8-11H2,1H3,(H3,16,17,18). The fraction of sp³-hybridized carbons (Fsp3) is 0.500. The second kappa shape index (κ2) is 9.64. The van der Waals surface area contributed by atoms with Crippen LogP contribution >= 0.6 is 11.6 Å². The monoisotopic (exact) mass is 283 g/mol. The highest BCUT2D eigenvalue weighted by molar-refractivity contribution is 6.31. The van der Waals surface area contributed by atoms with Crippen molar-refractivity contribution in [1.82, 2.24) is 5.32 Å². The predicted molar refractivity (Wildman–Crippen MR) is 80.8 cm³/mol. The Labute approximate surface area is 120 Å². The Morgan fingerprint density at radius 1 is 1.42 bits per heavy atom. The summed E-state index contributed by atoms with van der Waals surface area (Å²) in [5.74, 6) is 0.476. The van der Waals surface area contributed by atoms with Crippen LogP contribution in [0.25, 0.3) is 0 Å². The molecule has 0 saturated heterocycles. The summed E-state index contributed by atoms with van der Waals surface area (Å²) in [6.45, 7) is 4.87. The van der Waals surface area contributed by atoms with Crippen LogP contribution in [0.4, 0.5) is 0 Å². The molecule has 0 spiro atoms. The third kappa shape index (κ3) is 7.03. The van der Waals surface area contributed by atoms with Gasteiger partial charge in [-0.15, -0.1) is 0 Å². The van der Waals surface area contributed by atoms with Gasteiger partial charge in [0.25, 0.3) is 0 Å². The first kappa shape index (κ1) is 15.8. The number of ether oxygens (including phenoxy) is 1. The van der Waals surface area contributed by atoms with Crippen molar-refractivity contribution in [3.63, 3.8) is 0 Å². The van der Waals surface area contributed by atoms with Crippen molar-refractivity contribution in [2.75, 3.05) is 26.3 Å². The first-order valence-electron chi connectivity index (χ1n) is 6.59. The maximum absolute atomic E-state index is 6.07. The van der Waals surface area contributed by atoms with Gasteiger partial charge in [-0.05, 0) is 31.4 Å². The molecule has 0 radical (unpaired) electrons. The van der Waals surface area contributed by atoms with Crippen molar-refractivity contribution in [2.24, 2.45) is 10.7 Å². The summed E-state index contributed by atoms with van der Waals surface area (Å²) < 4.78 is 5.22. The van der Waals surface area contributed by atoms with Crippen LogP contribution in [0.15, 0.2) is 29.3 Å². The maximum atomic E-state index is 6.07. The normalized spacial score (nSPS) is 11.6. The Kier molecular flexibility index (Phi) is 8.02. The van der Waals surface area contributed by atoms with Crippen molar-refractivity contribution < 1.29 is 4.74 Å². The highest BCUT2D eigenvalue weighted by atomic mass is 35.5. The zero-order chi connectivity index (χ0) is 13.9. The summed E-state index contributed by atoms with van der Waals surface area (Å²) in [5.41, 5.74) is 6.87. The summed E-state index contributed by atoms with van der Waals surface area (Å²) in [4.78, 5) is 4.22. The topological polar surface area (TPSA) is 59.6 Å². The highest BCUT2D eigenvalue weighted by Gasteiger charge is 1.98. The van der Waals surface area contributed by atoms with Gasteiger partial charge in [0.05, 0.1) is 0 Å². The van der Waals surface area contributed by atoms with Gasteiger partial charge in [-0.3, -0.25) is 4.99 Å². The lowest BCUT2D eigenvalue weighted by Gasteiger charge is -2.07. The molecule has 0 aliphatic heterocycles. The summed E-state index contributed by atoms with van der Waals surface area (Å²) in [6.07, 6.45) is 1.72. The average molecular weight is 284 g/mol. The van der Waals surface area contributed by atoms with Gasteiger partial charge >= 0.3 is 0 Å². The number of hydrogen-bond acceptors (Lipinski definition) is 2. The molecule has 0 aliphatic rings. The van der Waals surface area contributed by atoms with Crippen LogP contribution in [-0.4, -0.2) is 32.3 Å². The lowest BCUT2D eigenvalue weighted by molar-refractivity contribution is 0.146. The molecule has 106 valence electrons. The molecule has 4 nitrogen and oxygen atoms in total. The van der Waals surface area contributed by atoms with E-state index < -0.39 is 0 Å². The number of hydrogen-bond donors (Lipinski definition) is 2. The third-order valence-electron chi connectivity index (χ3n) is 2.59. The maximum Gasteiger partial charge on any atom is 0.188 e. The summed E-state index contributed by atoms with van der Waals surface area (Å²) >= 11 is 6.07. The van der Waals surface area contributed by atoms with Gasteiger partial charge in [-0.1, -0.05) is 29.8 Å². The van der Waals surface area contributed by atoms with E-state index in [-0.39, 0.29) is 0 Å². The van der Waals surface area contributed by atoms with Crippen molar-refractivity contribution >= 4 is 17.6 Å². The van der Waals surface area contributed by atoms with E-state index in [4.69, 9.17) is 22.1 Å². The molecule has 1 aromatic rings. The van der Waals surface area contributed by atoms with Gasteiger partial charge in [0, 0.05) is 31.3 Å². The van der Waals surface area contributed by atoms with Gasteiger partial charge in [0.15, 0.2) is 5.96 Å². The van der Waals surface area contributed by atoms with Gasteiger partial charge in [-0.25, -0.2) is 0 Å². The zero-order valence-electron chi connectivity index (χ0n) is 11.4. The SMILES string of the molecule is CCOCCCN=C(N)NCCc1ccccc1Cl. The molecule has 5 heteroatoms. The number of guanidine groups is 1. The van der Waals surface area contributed by atoms with E-state index in [0.29, 0.717) is 12.5 Å². The van der Waals surface area contributed by atoms with Crippen LogP contribution in [-0.2, 0) is 11.2 Å². The number of nitrogens with two attached hydrogens (primary N) is 1. The Morgan fingerprint density at radius 2 is 2.21 bits per heavy atom. The number of nitrogens with zero attached hydrogens (tertiary/aromatic N) is 1. The minimum Gasteiger partial charge on any atom is -0.382 e. The minimum atomic E-state index is 0.476. The number of nitrogens with one attached hydrogen (secondary N) is 1. The highest BCUT2D eigenvalue weighted by Crippen LogP contribution is 2.14. The zero-order valence-corrected chi connectivity index (χ0v) is 12.1. The van der Waals surface area contributed by atoms with Crippen LogP contribution in [0.2, 0.25) is 5.02 Å². The van der Waals surface area contributed by atoms with Gasteiger partial charge in [0.2, 0.25) is 0 Å². The quantitative estimate of drug-likeness (QED) is 0.437. The number of halogens is 1. The molecule has 0 unspecified atom stereocenters. The Balaban J connectivity index is 2.18. The molecule has 3 N–H and O–H groups in total. The molecule has 1 aromatic carbocycles. The van der Waals surface area contributed by atoms with Crippen LogP contribution in [0.3, 0.4) is 0 Å². The van der Waals surface area contributed by atoms with Crippen LogP contribution in [0, 0.1) is 0 Å². The van der Waals surface area contributed by atoms with Crippen molar-refractivity contribution in [2.45, 2.75) is 19.8 Å². The average Bonchev–Trinajstić information content (AvgIpc) is 2.41. The van der Waals surface area contributed by atoms with Gasteiger partial charge in [-0.2, -0.15) is 0 Å².